The van der Waals surface area contributed by atoms with Gasteiger partial charge in [-0.25, -0.2) is 0 Å². The van der Waals surface area contributed by atoms with Crippen LogP contribution < -0.4 is 4.74 Å². The number of amides is 2. The molecule has 23 heavy (non-hydrogen) atoms. The van der Waals surface area contributed by atoms with Gasteiger partial charge in [0.25, 0.3) is 0 Å². The van der Waals surface area contributed by atoms with Gasteiger partial charge in [0.2, 0.25) is 11.8 Å². The maximum Gasteiger partial charge on any atom is 0.242 e. The molecule has 0 unspecified atom stereocenters. The van der Waals surface area contributed by atoms with Crippen LogP contribution in [0.15, 0.2) is 24.3 Å². The Morgan fingerprint density at radius 2 is 1.57 bits per heavy atom. The molecule has 0 saturated heterocycles. The van der Waals surface area contributed by atoms with Gasteiger partial charge in [0.1, 0.15) is 12.3 Å². The molecule has 0 aliphatic heterocycles. The SMILES string of the molecule is CCCN(CCC)C(=O)CN(Cc1ccc(OC)cc1)C(C)=O. The third-order valence-electron chi connectivity index (χ3n) is 3.64. The molecule has 0 fully saturated rings. The molecule has 0 aliphatic rings. The van der Waals surface area contributed by atoms with E-state index in [0.29, 0.717) is 6.54 Å². The first-order chi connectivity index (χ1) is 11.0. The summed E-state index contributed by atoms with van der Waals surface area (Å²) >= 11 is 0. The molecular weight excluding hydrogens is 292 g/mol. The van der Waals surface area contributed by atoms with Crippen molar-refractivity contribution in [1.82, 2.24) is 9.80 Å². The monoisotopic (exact) mass is 320 g/mol. The average molecular weight is 320 g/mol. The summed E-state index contributed by atoms with van der Waals surface area (Å²) in [4.78, 5) is 27.7. The van der Waals surface area contributed by atoms with Crippen LogP contribution in [0.4, 0.5) is 0 Å². The molecule has 0 N–H and O–H groups in total. The smallest absolute Gasteiger partial charge is 0.242 e. The summed E-state index contributed by atoms with van der Waals surface area (Å²) in [7, 11) is 1.62. The molecule has 0 saturated carbocycles. The van der Waals surface area contributed by atoms with Gasteiger partial charge in [0, 0.05) is 26.6 Å². The minimum absolute atomic E-state index is 0.0115. The average Bonchev–Trinajstić information content (AvgIpc) is 2.54. The highest BCUT2D eigenvalue weighted by Gasteiger charge is 2.18. The fourth-order valence-corrected chi connectivity index (χ4v) is 2.39. The number of hydrogen-bond acceptors (Lipinski definition) is 3. The topological polar surface area (TPSA) is 49.9 Å². The van der Waals surface area contributed by atoms with Crippen molar-refractivity contribution >= 4 is 11.8 Å². The van der Waals surface area contributed by atoms with E-state index < -0.39 is 0 Å². The van der Waals surface area contributed by atoms with E-state index in [2.05, 4.69) is 13.8 Å². The van der Waals surface area contributed by atoms with E-state index in [9.17, 15) is 9.59 Å². The van der Waals surface area contributed by atoms with Gasteiger partial charge in [-0.05, 0) is 30.5 Å². The van der Waals surface area contributed by atoms with Crippen LogP contribution in [0.3, 0.4) is 0 Å². The highest BCUT2D eigenvalue weighted by molar-refractivity contribution is 5.83. The van der Waals surface area contributed by atoms with Crippen molar-refractivity contribution in [3.63, 3.8) is 0 Å². The van der Waals surface area contributed by atoms with Crippen LogP contribution >= 0.6 is 0 Å². The first-order valence-corrected chi connectivity index (χ1v) is 8.18. The lowest BCUT2D eigenvalue weighted by molar-refractivity contribution is -0.140. The van der Waals surface area contributed by atoms with Crippen molar-refractivity contribution in [2.45, 2.75) is 40.2 Å². The normalized spacial score (nSPS) is 10.3. The molecule has 0 aromatic heterocycles. The van der Waals surface area contributed by atoms with Gasteiger partial charge in [0.05, 0.1) is 7.11 Å². The fourth-order valence-electron chi connectivity index (χ4n) is 2.39. The first-order valence-electron chi connectivity index (χ1n) is 8.18. The summed E-state index contributed by atoms with van der Waals surface area (Å²) < 4.78 is 5.13. The largest absolute Gasteiger partial charge is 0.497 e. The van der Waals surface area contributed by atoms with Crippen LogP contribution in [0, 0.1) is 0 Å². The van der Waals surface area contributed by atoms with Crippen molar-refractivity contribution < 1.29 is 14.3 Å². The van der Waals surface area contributed by atoms with Crippen molar-refractivity contribution in [1.29, 1.82) is 0 Å². The van der Waals surface area contributed by atoms with Crippen LogP contribution in [-0.4, -0.2) is 48.4 Å². The molecule has 0 heterocycles. The Kier molecular flexibility index (Phi) is 8.16. The predicted molar refractivity (Wildman–Crippen MR) is 91.2 cm³/mol. The van der Waals surface area contributed by atoms with Crippen molar-refractivity contribution in [3.05, 3.63) is 29.8 Å². The van der Waals surface area contributed by atoms with E-state index >= 15 is 0 Å². The molecule has 0 bridgehead atoms. The lowest BCUT2D eigenvalue weighted by Crippen LogP contribution is -2.42. The summed E-state index contributed by atoms with van der Waals surface area (Å²) in [6, 6.07) is 7.54. The minimum Gasteiger partial charge on any atom is -0.497 e. The molecule has 0 atom stereocenters. The number of ether oxygens (including phenoxy) is 1. The van der Waals surface area contributed by atoms with E-state index in [1.165, 1.54) is 6.92 Å². The van der Waals surface area contributed by atoms with E-state index in [-0.39, 0.29) is 18.4 Å². The van der Waals surface area contributed by atoms with Crippen LogP contribution in [0.1, 0.15) is 39.2 Å². The van der Waals surface area contributed by atoms with Gasteiger partial charge < -0.3 is 14.5 Å². The molecule has 0 aliphatic carbocycles. The Hall–Kier alpha value is -2.04. The second-order valence-corrected chi connectivity index (χ2v) is 5.60. The maximum atomic E-state index is 12.4. The Morgan fingerprint density at radius 3 is 2.00 bits per heavy atom. The highest BCUT2D eigenvalue weighted by Crippen LogP contribution is 2.13. The zero-order chi connectivity index (χ0) is 17.2. The van der Waals surface area contributed by atoms with Gasteiger partial charge in [-0.1, -0.05) is 26.0 Å². The second-order valence-electron chi connectivity index (χ2n) is 5.60. The van der Waals surface area contributed by atoms with Crippen molar-refractivity contribution in [2.24, 2.45) is 0 Å². The zero-order valence-electron chi connectivity index (χ0n) is 14.7. The molecule has 5 nitrogen and oxygen atoms in total. The van der Waals surface area contributed by atoms with Crippen LogP contribution in [0.2, 0.25) is 0 Å². The van der Waals surface area contributed by atoms with Gasteiger partial charge in [-0.2, -0.15) is 0 Å². The van der Waals surface area contributed by atoms with Crippen LogP contribution in [0.25, 0.3) is 0 Å². The Balaban J connectivity index is 2.73. The molecule has 0 spiro atoms. The molecular formula is C18H28N2O3. The molecule has 5 heteroatoms. The lowest BCUT2D eigenvalue weighted by atomic mass is 10.2. The fraction of sp³-hybridized carbons (Fsp3) is 0.556. The number of benzene rings is 1. The minimum atomic E-state index is -0.0953. The van der Waals surface area contributed by atoms with Gasteiger partial charge in [-0.3, -0.25) is 9.59 Å². The molecule has 1 aromatic rings. The highest BCUT2D eigenvalue weighted by atomic mass is 16.5. The molecule has 128 valence electrons. The number of carbonyl (C=O) groups excluding carboxylic acids is 2. The molecule has 1 rings (SSSR count). The lowest BCUT2D eigenvalue weighted by Gasteiger charge is -2.26. The number of hydrogen-bond donors (Lipinski definition) is 0. The van der Waals surface area contributed by atoms with E-state index in [1.54, 1.807) is 12.0 Å². The first kappa shape index (κ1) is 19.0. The Bertz CT molecular complexity index is 493. The summed E-state index contributed by atoms with van der Waals surface area (Å²) in [6.07, 6.45) is 1.84. The number of methoxy groups -OCH3 is 1. The zero-order valence-corrected chi connectivity index (χ0v) is 14.7. The van der Waals surface area contributed by atoms with E-state index in [0.717, 1.165) is 37.2 Å². The van der Waals surface area contributed by atoms with Crippen molar-refractivity contribution in [2.75, 3.05) is 26.7 Å². The third kappa shape index (κ3) is 6.30. The third-order valence-corrected chi connectivity index (χ3v) is 3.64. The van der Waals surface area contributed by atoms with Crippen molar-refractivity contribution in [3.8, 4) is 5.75 Å². The quantitative estimate of drug-likeness (QED) is 0.703. The Labute approximate surface area is 139 Å². The maximum absolute atomic E-state index is 12.4. The number of carbonyl (C=O) groups is 2. The van der Waals surface area contributed by atoms with Crippen LogP contribution in [0.5, 0.6) is 5.75 Å². The summed E-state index contributed by atoms with van der Waals surface area (Å²) in [6.45, 7) is 7.63. The molecule has 0 radical (unpaired) electrons. The standard InChI is InChI=1S/C18H28N2O3/c1-5-11-19(12-6-2)18(22)14-20(15(3)21)13-16-7-9-17(23-4)10-8-16/h7-10H,5-6,11-14H2,1-4H3. The van der Waals surface area contributed by atoms with E-state index in [1.807, 2.05) is 29.2 Å². The molecule has 2 amide bonds. The summed E-state index contributed by atoms with van der Waals surface area (Å²) in [5.74, 6) is 0.691. The number of nitrogens with zero attached hydrogens (tertiary/aromatic N) is 2. The number of rotatable bonds is 9. The summed E-state index contributed by atoms with van der Waals surface area (Å²) in [5, 5.41) is 0. The van der Waals surface area contributed by atoms with E-state index in [4.69, 9.17) is 4.74 Å². The Morgan fingerprint density at radius 1 is 1.00 bits per heavy atom. The summed E-state index contributed by atoms with van der Waals surface area (Å²) in [5.41, 5.74) is 0.978. The van der Waals surface area contributed by atoms with Gasteiger partial charge in [0.15, 0.2) is 0 Å². The van der Waals surface area contributed by atoms with Crippen LogP contribution in [-0.2, 0) is 16.1 Å². The second kappa shape index (κ2) is 9.87. The van der Waals surface area contributed by atoms with Gasteiger partial charge >= 0.3 is 0 Å². The molecule has 1 aromatic carbocycles. The predicted octanol–water partition coefficient (Wildman–Crippen LogP) is 2.69. The van der Waals surface area contributed by atoms with Gasteiger partial charge in [-0.15, -0.1) is 0 Å².